The molecule has 2 aromatic carbocycles. The van der Waals surface area contributed by atoms with Gasteiger partial charge in [-0.3, -0.25) is 4.98 Å². The summed E-state index contributed by atoms with van der Waals surface area (Å²) in [5, 5.41) is 0. The number of fused-ring (bicyclic) bond motifs is 1. The van der Waals surface area contributed by atoms with Gasteiger partial charge in [0.25, 0.3) is 0 Å². The van der Waals surface area contributed by atoms with Crippen molar-refractivity contribution in [2.24, 2.45) is 0 Å². The van der Waals surface area contributed by atoms with E-state index < -0.39 is 17.8 Å². The molecule has 0 fully saturated rings. The van der Waals surface area contributed by atoms with E-state index >= 15 is 0 Å². The third kappa shape index (κ3) is 5.02. The van der Waals surface area contributed by atoms with Gasteiger partial charge in [0, 0.05) is 17.2 Å². The van der Waals surface area contributed by atoms with Gasteiger partial charge in [-0.25, -0.2) is 9.78 Å². The molecule has 1 N–H and O–H groups in total. The molecule has 2 heterocycles. The van der Waals surface area contributed by atoms with Crippen LogP contribution in [0.2, 0.25) is 0 Å². The number of aromatic amines is 1. The summed E-state index contributed by atoms with van der Waals surface area (Å²) in [5.41, 5.74) is 0.936. The third-order valence-electron chi connectivity index (χ3n) is 4.41. The number of H-pyrrole nitrogens is 1. The van der Waals surface area contributed by atoms with Gasteiger partial charge >= 0.3 is 12.1 Å². The van der Waals surface area contributed by atoms with Crippen LogP contribution in [0.25, 0.3) is 11.0 Å². The number of carbonyl (C=O) groups excluding carboxylic acids is 1. The maximum Gasteiger partial charge on any atom is 0.433 e. The van der Waals surface area contributed by atoms with Crippen LogP contribution in [0.4, 0.5) is 13.2 Å². The number of aromatic nitrogens is 3. The summed E-state index contributed by atoms with van der Waals surface area (Å²) in [6.45, 7) is 0. The van der Waals surface area contributed by atoms with E-state index in [1.165, 1.54) is 24.9 Å². The van der Waals surface area contributed by atoms with Gasteiger partial charge in [-0.15, -0.1) is 11.8 Å². The average molecular weight is 459 g/mol. The molecule has 0 spiro atoms. The summed E-state index contributed by atoms with van der Waals surface area (Å²) in [4.78, 5) is 22.9. The Balaban J connectivity index is 1.44. The predicted molar refractivity (Wildman–Crippen MR) is 113 cm³/mol. The molecule has 0 bridgehead atoms. The maximum absolute atomic E-state index is 12.8. The first-order valence-corrected chi connectivity index (χ1v) is 10.3. The van der Waals surface area contributed by atoms with Gasteiger partial charge in [0.15, 0.2) is 0 Å². The molecular formula is C22H16F3N3O3S. The number of hydrogen-bond donors (Lipinski definition) is 1. The molecule has 0 amide bonds. The van der Waals surface area contributed by atoms with E-state index in [4.69, 9.17) is 4.74 Å². The molecule has 0 saturated carbocycles. The summed E-state index contributed by atoms with van der Waals surface area (Å²) < 4.78 is 48.9. The molecule has 0 radical (unpaired) electrons. The second-order valence-corrected chi connectivity index (χ2v) is 7.69. The molecule has 32 heavy (non-hydrogen) atoms. The molecule has 4 rings (SSSR count). The zero-order chi connectivity index (χ0) is 22.7. The first-order chi connectivity index (χ1) is 15.3. The fourth-order valence-corrected chi connectivity index (χ4v) is 3.69. The van der Waals surface area contributed by atoms with E-state index in [-0.39, 0.29) is 0 Å². The van der Waals surface area contributed by atoms with Crippen molar-refractivity contribution in [3.8, 4) is 11.5 Å². The smallest absolute Gasteiger partial charge is 0.433 e. The highest BCUT2D eigenvalue weighted by Crippen LogP contribution is 2.31. The number of nitrogens with zero attached hydrogens (tertiary/aromatic N) is 2. The Morgan fingerprint density at radius 2 is 1.81 bits per heavy atom. The van der Waals surface area contributed by atoms with Crippen LogP contribution in [0.5, 0.6) is 11.5 Å². The molecule has 0 aliphatic carbocycles. The van der Waals surface area contributed by atoms with Crippen molar-refractivity contribution in [2.45, 2.75) is 16.8 Å². The number of hydrogen-bond acceptors (Lipinski definition) is 6. The number of halogens is 3. The van der Waals surface area contributed by atoms with Crippen LogP contribution in [0.3, 0.4) is 0 Å². The molecule has 0 unspecified atom stereocenters. The number of nitrogens with one attached hydrogen (secondary N) is 1. The molecule has 2 aromatic heterocycles. The van der Waals surface area contributed by atoms with Crippen LogP contribution < -0.4 is 4.74 Å². The largest absolute Gasteiger partial charge is 0.465 e. The minimum atomic E-state index is -4.48. The van der Waals surface area contributed by atoms with E-state index in [0.717, 1.165) is 17.8 Å². The summed E-state index contributed by atoms with van der Waals surface area (Å²) in [6, 6.07) is 14.4. The van der Waals surface area contributed by atoms with E-state index in [1.807, 2.05) is 0 Å². The van der Waals surface area contributed by atoms with Crippen molar-refractivity contribution in [3.63, 3.8) is 0 Å². The van der Waals surface area contributed by atoms with Crippen LogP contribution >= 0.6 is 11.8 Å². The Morgan fingerprint density at radius 1 is 1.06 bits per heavy atom. The normalized spacial score (nSPS) is 11.5. The molecular weight excluding hydrogens is 443 g/mol. The maximum atomic E-state index is 12.8. The first kappa shape index (κ1) is 21.7. The zero-order valence-corrected chi connectivity index (χ0v) is 17.5. The number of benzene rings is 2. The topological polar surface area (TPSA) is 77.1 Å². The highest BCUT2D eigenvalue weighted by molar-refractivity contribution is 7.98. The highest BCUT2D eigenvalue weighted by atomic mass is 32.2. The number of imidazole rings is 1. The predicted octanol–water partition coefficient (Wildman–Crippen LogP) is 5.85. The first-order valence-electron chi connectivity index (χ1n) is 9.33. The quantitative estimate of drug-likeness (QED) is 0.288. The van der Waals surface area contributed by atoms with Gasteiger partial charge in [0.2, 0.25) is 0 Å². The minimum Gasteiger partial charge on any atom is -0.465 e. The number of esters is 1. The van der Waals surface area contributed by atoms with E-state index in [9.17, 15) is 18.0 Å². The molecule has 164 valence electrons. The number of pyridine rings is 1. The number of rotatable bonds is 6. The Morgan fingerprint density at radius 3 is 2.53 bits per heavy atom. The van der Waals surface area contributed by atoms with Crippen molar-refractivity contribution in [2.75, 3.05) is 7.11 Å². The Hall–Kier alpha value is -3.53. The fraction of sp³-hybridized carbons (Fsp3) is 0.136. The second kappa shape index (κ2) is 8.91. The van der Waals surface area contributed by atoms with Gasteiger partial charge in [-0.2, -0.15) is 13.2 Å². The zero-order valence-electron chi connectivity index (χ0n) is 16.6. The van der Waals surface area contributed by atoms with Crippen molar-refractivity contribution < 1.29 is 27.4 Å². The summed E-state index contributed by atoms with van der Waals surface area (Å²) in [6.07, 6.45) is -3.34. The van der Waals surface area contributed by atoms with Crippen molar-refractivity contribution in [1.82, 2.24) is 15.0 Å². The highest BCUT2D eigenvalue weighted by Gasteiger charge is 2.32. The minimum absolute atomic E-state index is 0.362. The molecule has 10 heteroatoms. The van der Waals surface area contributed by atoms with E-state index in [2.05, 4.69) is 19.7 Å². The van der Waals surface area contributed by atoms with Crippen LogP contribution in [0, 0.1) is 0 Å². The number of carbonyl (C=O) groups is 1. The molecule has 4 aromatic rings. The Labute approximate surface area is 184 Å². The van der Waals surface area contributed by atoms with Crippen LogP contribution in [-0.4, -0.2) is 28.0 Å². The van der Waals surface area contributed by atoms with E-state index in [1.54, 1.807) is 42.5 Å². The summed E-state index contributed by atoms with van der Waals surface area (Å²) >= 11 is 1.23. The standard InChI is InChI=1S/C22H16F3N3O3S/c1-30-21(29)13-2-4-14(5-3-13)31-15-6-7-17-18(10-15)28-20(27-17)12-32-16-8-9-26-19(11-16)22(23,24)25/h2-11H,12H2,1H3,(H,27,28). The number of thioether (sulfide) groups is 1. The van der Waals surface area contributed by atoms with Crippen LogP contribution in [0.1, 0.15) is 21.9 Å². The number of methoxy groups -OCH3 is 1. The molecule has 0 atom stereocenters. The second-order valence-electron chi connectivity index (χ2n) is 6.64. The van der Waals surface area contributed by atoms with Crippen LogP contribution in [-0.2, 0) is 16.7 Å². The molecule has 0 aliphatic rings. The lowest BCUT2D eigenvalue weighted by molar-refractivity contribution is -0.141. The van der Waals surface area contributed by atoms with Gasteiger partial charge in [-0.1, -0.05) is 0 Å². The number of ether oxygens (including phenoxy) is 2. The van der Waals surface area contributed by atoms with Gasteiger partial charge in [-0.05, 0) is 48.5 Å². The Kier molecular flexibility index (Phi) is 6.04. The lowest BCUT2D eigenvalue weighted by Crippen LogP contribution is -2.07. The monoisotopic (exact) mass is 459 g/mol. The SMILES string of the molecule is COC(=O)c1ccc(Oc2ccc3nc(CSc4ccnc(C(F)(F)F)c4)[nH]c3c2)cc1. The summed E-state index contributed by atoms with van der Waals surface area (Å²) in [5.74, 6) is 1.67. The number of alkyl halides is 3. The fourth-order valence-electron chi connectivity index (χ4n) is 2.89. The van der Waals surface area contributed by atoms with Gasteiger partial charge in [0.1, 0.15) is 23.0 Å². The molecule has 0 aliphatic heterocycles. The van der Waals surface area contributed by atoms with Crippen molar-refractivity contribution in [3.05, 3.63) is 77.9 Å². The van der Waals surface area contributed by atoms with Crippen molar-refractivity contribution >= 4 is 28.8 Å². The Bertz CT molecular complexity index is 1260. The molecule has 0 saturated heterocycles. The molecule has 6 nitrogen and oxygen atoms in total. The average Bonchev–Trinajstić information content (AvgIpc) is 3.19. The van der Waals surface area contributed by atoms with Crippen LogP contribution in [0.15, 0.2) is 65.7 Å². The lowest BCUT2D eigenvalue weighted by Gasteiger charge is -2.06. The summed E-state index contributed by atoms with van der Waals surface area (Å²) in [7, 11) is 1.32. The van der Waals surface area contributed by atoms with E-state index in [0.29, 0.717) is 39.1 Å². The third-order valence-corrected chi connectivity index (χ3v) is 5.42. The van der Waals surface area contributed by atoms with Crippen molar-refractivity contribution in [1.29, 1.82) is 0 Å². The van der Waals surface area contributed by atoms with Gasteiger partial charge < -0.3 is 14.5 Å². The lowest BCUT2D eigenvalue weighted by atomic mass is 10.2. The van der Waals surface area contributed by atoms with Gasteiger partial charge in [0.05, 0.1) is 29.5 Å².